The van der Waals surface area contributed by atoms with E-state index in [1.54, 1.807) is 0 Å². The largest absolute Gasteiger partial charge is 0.310 e. The second-order valence-electron chi connectivity index (χ2n) is 5.43. The molecule has 4 nitrogen and oxygen atoms in total. The molecule has 19 heavy (non-hydrogen) atoms. The summed E-state index contributed by atoms with van der Waals surface area (Å²) in [7, 11) is 0. The van der Waals surface area contributed by atoms with Gasteiger partial charge in [0.15, 0.2) is 0 Å². The Morgan fingerprint density at radius 2 is 2.26 bits per heavy atom. The van der Waals surface area contributed by atoms with Crippen molar-refractivity contribution in [3.8, 4) is 0 Å². The van der Waals surface area contributed by atoms with Crippen LogP contribution in [0.25, 0.3) is 0 Å². The zero-order valence-electron chi connectivity index (χ0n) is 12.0. The Labute approximate surface area is 114 Å². The summed E-state index contributed by atoms with van der Waals surface area (Å²) in [5.74, 6) is 1.36. The molecule has 2 N–H and O–H groups in total. The molecule has 0 aromatic carbocycles. The summed E-state index contributed by atoms with van der Waals surface area (Å²) in [5, 5.41) is 3.48. The number of aromatic amines is 1. The molecule has 2 atom stereocenters. The SMILES string of the molecule is Cc1nc(C)c(C(C)NCC2CC=CCC2)c(=O)[nH]1. The van der Waals surface area contributed by atoms with E-state index >= 15 is 0 Å². The molecule has 1 aliphatic carbocycles. The third kappa shape index (κ3) is 3.53. The molecule has 104 valence electrons. The summed E-state index contributed by atoms with van der Waals surface area (Å²) < 4.78 is 0. The molecule has 0 bridgehead atoms. The summed E-state index contributed by atoms with van der Waals surface area (Å²) in [6, 6.07) is 0.0442. The van der Waals surface area contributed by atoms with Gasteiger partial charge in [-0.25, -0.2) is 4.98 Å². The Hall–Kier alpha value is -1.42. The van der Waals surface area contributed by atoms with Crippen molar-refractivity contribution >= 4 is 0 Å². The monoisotopic (exact) mass is 261 g/mol. The average Bonchev–Trinajstić information content (AvgIpc) is 2.36. The predicted octanol–water partition coefficient (Wildman–Crippen LogP) is 2.39. The van der Waals surface area contributed by atoms with Crippen molar-refractivity contribution in [1.29, 1.82) is 0 Å². The van der Waals surface area contributed by atoms with Crippen LogP contribution in [-0.4, -0.2) is 16.5 Å². The van der Waals surface area contributed by atoms with Gasteiger partial charge in [0.2, 0.25) is 0 Å². The zero-order chi connectivity index (χ0) is 13.8. The topological polar surface area (TPSA) is 57.8 Å². The summed E-state index contributed by atoms with van der Waals surface area (Å²) in [5.41, 5.74) is 1.57. The predicted molar refractivity (Wildman–Crippen MR) is 77.2 cm³/mol. The number of hydrogen-bond donors (Lipinski definition) is 2. The van der Waals surface area contributed by atoms with E-state index < -0.39 is 0 Å². The molecule has 4 heteroatoms. The van der Waals surface area contributed by atoms with Gasteiger partial charge in [0.05, 0.1) is 5.56 Å². The number of hydrogen-bond acceptors (Lipinski definition) is 3. The van der Waals surface area contributed by atoms with E-state index in [2.05, 4.69) is 27.4 Å². The smallest absolute Gasteiger partial charge is 0.255 e. The van der Waals surface area contributed by atoms with Crippen LogP contribution >= 0.6 is 0 Å². The fourth-order valence-corrected chi connectivity index (χ4v) is 2.73. The number of allylic oxidation sites excluding steroid dienone is 2. The lowest BCUT2D eigenvalue weighted by atomic mass is 9.94. The van der Waals surface area contributed by atoms with Gasteiger partial charge < -0.3 is 10.3 Å². The zero-order valence-corrected chi connectivity index (χ0v) is 12.0. The normalized spacial score (nSPS) is 20.5. The van der Waals surface area contributed by atoms with Crippen LogP contribution in [0.5, 0.6) is 0 Å². The van der Waals surface area contributed by atoms with Gasteiger partial charge in [0.25, 0.3) is 5.56 Å². The Kier molecular flexibility index (Phi) is 4.53. The average molecular weight is 261 g/mol. The highest BCUT2D eigenvalue weighted by Gasteiger charge is 2.16. The van der Waals surface area contributed by atoms with Crippen LogP contribution in [0, 0.1) is 19.8 Å². The van der Waals surface area contributed by atoms with Crippen molar-refractivity contribution in [3.63, 3.8) is 0 Å². The quantitative estimate of drug-likeness (QED) is 0.818. The molecule has 0 saturated heterocycles. The molecular weight excluding hydrogens is 238 g/mol. The lowest BCUT2D eigenvalue weighted by Crippen LogP contribution is -2.31. The van der Waals surface area contributed by atoms with Crippen LogP contribution in [0.3, 0.4) is 0 Å². The Morgan fingerprint density at radius 1 is 1.47 bits per heavy atom. The van der Waals surface area contributed by atoms with Crippen LogP contribution in [0.15, 0.2) is 16.9 Å². The van der Waals surface area contributed by atoms with Gasteiger partial charge in [-0.05, 0) is 52.5 Å². The lowest BCUT2D eigenvalue weighted by Gasteiger charge is -2.22. The molecule has 1 aromatic rings. The van der Waals surface area contributed by atoms with Crippen molar-refractivity contribution in [2.24, 2.45) is 5.92 Å². The van der Waals surface area contributed by atoms with E-state index in [4.69, 9.17) is 0 Å². The highest BCUT2D eigenvalue weighted by molar-refractivity contribution is 5.20. The molecule has 0 fully saturated rings. The molecule has 1 aromatic heterocycles. The minimum absolute atomic E-state index is 0.0199. The van der Waals surface area contributed by atoms with Gasteiger partial charge in [-0.1, -0.05) is 12.2 Å². The van der Waals surface area contributed by atoms with Gasteiger partial charge >= 0.3 is 0 Å². The molecular formula is C15H23N3O. The minimum atomic E-state index is -0.0199. The number of rotatable bonds is 4. The van der Waals surface area contributed by atoms with Crippen LogP contribution in [-0.2, 0) is 0 Å². The first-order valence-corrected chi connectivity index (χ1v) is 7.03. The molecule has 0 aliphatic heterocycles. The van der Waals surface area contributed by atoms with Crippen molar-refractivity contribution in [2.75, 3.05) is 6.54 Å². The Morgan fingerprint density at radius 3 is 2.89 bits per heavy atom. The van der Waals surface area contributed by atoms with E-state index in [9.17, 15) is 4.79 Å². The maximum Gasteiger partial charge on any atom is 0.255 e. The van der Waals surface area contributed by atoms with Gasteiger partial charge in [-0.2, -0.15) is 0 Å². The first-order valence-electron chi connectivity index (χ1n) is 7.03. The number of H-pyrrole nitrogens is 1. The second kappa shape index (κ2) is 6.15. The highest BCUT2D eigenvalue weighted by atomic mass is 16.1. The van der Waals surface area contributed by atoms with Crippen LogP contribution in [0.4, 0.5) is 0 Å². The fourth-order valence-electron chi connectivity index (χ4n) is 2.73. The van der Waals surface area contributed by atoms with E-state index in [1.807, 2.05) is 20.8 Å². The maximum atomic E-state index is 12.0. The number of nitrogens with one attached hydrogen (secondary N) is 2. The van der Waals surface area contributed by atoms with Crippen LogP contribution < -0.4 is 10.9 Å². The van der Waals surface area contributed by atoms with Crippen molar-refractivity contribution in [3.05, 3.63) is 39.6 Å². The first-order chi connectivity index (χ1) is 9.08. The summed E-state index contributed by atoms with van der Waals surface area (Å²) in [6.45, 7) is 6.70. The lowest BCUT2D eigenvalue weighted by molar-refractivity contribution is 0.413. The van der Waals surface area contributed by atoms with Crippen LogP contribution in [0.1, 0.15) is 49.3 Å². The van der Waals surface area contributed by atoms with Gasteiger partial charge in [-0.3, -0.25) is 4.79 Å². The molecule has 2 rings (SSSR count). The molecule has 0 saturated carbocycles. The summed E-state index contributed by atoms with van der Waals surface area (Å²) >= 11 is 0. The molecule has 1 heterocycles. The Bertz CT molecular complexity index is 519. The molecule has 0 spiro atoms. The molecule has 2 unspecified atom stereocenters. The van der Waals surface area contributed by atoms with Crippen molar-refractivity contribution in [2.45, 2.75) is 46.1 Å². The second-order valence-corrected chi connectivity index (χ2v) is 5.43. The van der Waals surface area contributed by atoms with Crippen LogP contribution in [0.2, 0.25) is 0 Å². The van der Waals surface area contributed by atoms with Gasteiger partial charge in [0, 0.05) is 11.7 Å². The first kappa shape index (κ1) is 14.0. The molecule has 1 aliphatic rings. The van der Waals surface area contributed by atoms with Gasteiger partial charge in [0.1, 0.15) is 5.82 Å². The summed E-state index contributed by atoms with van der Waals surface area (Å²) in [6.07, 6.45) is 8.05. The van der Waals surface area contributed by atoms with E-state index in [1.165, 1.54) is 12.8 Å². The van der Waals surface area contributed by atoms with E-state index in [0.717, 1.165) is 24.2 Å². The minimum Gasteiger partial charge on any atom is -0.310 e. The number of aryl methyl sites for hydroxylation is 2. The number of nitrogens with zero attached hydrogens (tertiary/aromatic N) is 1. The third-order valence-corrected chi connectivity index (χ3v) is 3.79. The number of aromatic nitrogens is 2. The standard InChI is InChI=1S/C15H23N3O/c1-10(16-9-13-7-5-4-6-8-13)14-11(2)17-12(3)18-15(14)19/h4-5,10,13,16H,6-9H2,1-3H3,(H,17,18,19). The molecule has 0 radical (unpaired) electrons. The molecule has 0 amide bonds. The van der Waals surface area contributed by atoms with Gasteiger partial charge in [-0.15, -0.1) is 0 Å². The Balaban J connectivity index is 2.01. The highest BCUT2D eigenvalue weighted by Crippen LogP contribution is 2.18. The fraction of sp³-hybridized carbons (Fsp3) is 0.600. The third-order valence-electron chi connectivity index (χ3n) is 3.79. The van der Waals surface area contributed by atoms with Crippen molar-refractivity contribution in [1.82, 2.24) is 15.3 Å². The maximum absolute atomic E-state index is 12.0. The summed E-state index contributed by atoms with van der Waals surface area (Å²) in [4.78, 5) is 19.1. The van der Waals surface area contributed by atoms with E-state index in [0.29, 0.717) is 11.7 Å². The van der Waals surface area contributed by atoms with Crippen molar-refractivity contribution < 1.29 is 0 Å². The van der Waals surface area contributed by atoms with E-state index in [-0.39, 0.29) is 11.6 Å².